The lowest BCUT2D eigenvalue weighted by atomic mass is 10.0. The van der Waals surface area contributed by atoms with Crippen LogP contribution in [0.25, 0.3) is 0 Å². The minimum absolute atomic E-state index is 0.0188. The summed E-state index contributed by atoms with van der Waals surface area (Å²) in [4.78, 5) is 16.0. The minimum atomic E-state index is -0.147. The van der Waals surface area contributed by atoms with Crippen LogP contribution in [0.5, 0.6) is 0 Å². The zero-order valence-electron chi connectivity index (χ0n) is 11.1. The van der Waals surface area contributed by atoms with Gasteiger partial charge in [0, 0.05) is 18.3 Å². The molecule has 1 aromatic rings. The first-order valence-electron chi connectivity index (χ1n) is 5.93. The second kappa shape index (κ2) is 5.82. The summed E-state index contributed by atoms with van der Waals surface area (Å²) in [6, 6.07) is 0. The zero-order valence-corrected chi connectivity index (χ0v) is 11.1. The molecule has 0 fully saturated rings. The molecular weight excluding hydrogens is 216 g/mol. The van der Waals surface area contributed by atoms with Gasteiger partial charge in [0.1, 0.15) is 6.54 Å². The largest absolute Gasteiger partial charge is 0.350 e. The van der Waals surface area contributed by atoms with Gasteiger partial charge in [0.2, 0.25) is 5.91 Å². The zero-order chi connectivity index (χ0) is 12.9. The van der Waals surface area contributed by atoms with Gasteiger partial charge in [-0.05, 0) is 27.3 Å². The molecule has 2 N–H and O–H groups in total. The Hall–Kier alpha value is -1.36. The summed E-state index contributed by atoms with van der Waals surface area (Å²) in [6.45, 7) is 7.13. The van der Waals surface area contributed by atoms with Crippen molar-refractivity contribution in [3.05, 3.63) is 18.2 Å². The monoisotopic (exact) mass is 238 g/mol. The Morgan fingerprint density at radius 3 is 2.82 bits per heavy atom. The lowest BCUT2D eigenvalue weighted by molar-refractivity contribution is -0.123. The standard InChI is InChI=1S/C12H22N4O/c1-5-12(2,3)15-11(17)8-16-7-10(6-13-4)14-9-16/h7,9,13H,5-6,8H2,1-4H3,(H,15,17). The number of rotatable bonds is 6. The third-order valence-electron chi connectivity index (χ3n) is 2.73. The Labute approximate surface area is 103 Å². The average molecular weight is 238 g/mol. The van der Waals surface area contributed by atoms with E-state index in [9.17, 15) is 4.79 Å². The number of hydrogen-bond donors (Lipinski definition) is 2. The first-order valence-corrected chi connectivity index (χ1v) is 5.93. The van der Waals surface area contributed by atoms with Gasteiger partial charge in [-0.2, -0.15) is 0 Å². The van der Waals surface area contributed by atoms with E-state index in [1.807, 2.05) is 27.1 Å². The molecule has 0 aliphatic heterocycles. The van der Waals surface area contributed by atoms with Crippen molar-refractivity contribution >= 4 is 5.91 Å². The van der Waals surface area contributed by atoms with Gasteiger partial charge in [-0.1, -0.05) is 6.92 Å². The van der Waals surface area contributed by atoms with E-state index in [4.69, 9.17) is 0 Å². The summed E-state index contributed by atoms with van der Waals surface area (Å²) in [5.41, 5.74) is 0.793. The van der Waals surface area contributed by atoms with Crippen LogP contribution in [0.2, 0.25) is 0 Å². The highest BCUT2D eigenvalue weighted by atomic mass is 16.2. The fourth-order valence-electron chi connectivity index (χ4n) is 1.44. The van der Waals surface area contributed by atoms with Crippen molar-refractivity contribution in [2.45, 2.75) is 45.8 Å². The molecule has 0 spiro atoms. The van der Waals surface area contributed by atoms with Gasteiger partial charge < -0.3 is 15.2 Å². The van der Waals surface area contributed by atoms with Gasteiger partial charge in [0.15, 0.2) is 0 Å². The van der Waals surface area contributed by atoms with Crippen molar-refractivity contribution in [1.82, 2.24) is 20.2 Å². The van der Waals surface area contributed by atoms with Gasteiger partial charge >= 0.3 is 0 Å². The summed E-state index contributed by atoms with van der Waals surface area (Å²) in [6.07, 6.45) is 4.48. The highest BCUT2D eigenvalue weighted by Crippen LogP contribution is 2.06. The van der Waals surface area contributed by atoms with E-state index in [0.29, 0.717) is 6.54 Å². The minimum Gasteiger partial charge on any atom is -0.350 e. The Balaban J connectivity index is 2.50. The molecule has 0 bridgehead atoms. The third kappa shape index (κ3) is 4.56. The van der Waals surface area contributed by atoms with Crippen LogP contribution in [-0.2, 0) is 17.9 Å². The van der Waals surface area contributed by atoms with E-state index in [-0.39, 0.29) is 11.4 Å². The highest BCUT2D eigenvalue weighted by molar-refractivity contribution is 5.76. The molecule has 17 heavy (non-hydrogen) atoms. The molecule has 1 rings (SSSR count). The van der Waals surface area contributed by atoms with Crippen LogP contribution in [0.1, 0.15) is 32.9 Å². The smallest absolute Gasteiger partial charge is 0.240 e. The lowest BCUT2D eigenvalue weighted by Gasteiger charge is -2.24. The predicted molar refractivity (Wildman–Crippen MR) is 67.5 cm³/mol. The Bertz CT molecular complexity index is 370. The maximum Gasteiger partial charge on any atom is 0.240 e. The van der Waals surface area contributed by atoms with Crippen LogP contribution in [0, 0.1) is 0 Å². The normalized spacial score (nSPS) is 11.5. The van der Waals surface area contributed by atoms with Gasteiger partial charge in [0.25, 0.3) is 0 Å². The van der Waals surface area contributed by atoms with E-state index in [1.54, 1.807) is 10.9 Å². The molecule has 0 saturated carbocycles. The summed E-state index contributed by atoms with van der Waals surface area (Å²) in [5, 5.41) is 6.01. The molecule has 0 aliphatic carbocycles. The summed E-state index contributed by atoms with van der Waals surface area (Å²) in [7, 11) is 1.87. The van der Waals surface area contributed by atoms with Crippen LogP contribution in [-0.4, -0.2) is 28.0 Å². The van der Waals surface area contributed by atoms with E-state index >= 15 is 0 Å². The average Bonchev–Trinajstić information content (AvgIpc) is 2.65. The molecule has 0 atom stereocenters. The number of carbonyl (C=O) groups is 1. The second-order valence-electron chi connectivity index (χ2n) is 4.85. The topological polar surface area (TPSA) is 59.0 Å². The Morgan fingerprint density at radius 2 is 2.24 bits per heavy atom. The van der Waals surface area contributed by atoms with Crippen molar-refractivity contribution in [3.63, 3.8) is 0 Å². The lowest BCUT2D eigenvalue weighted by Crippen LogP contribution is -2.44. The summed E-state index contributed by atoms with van der Waals surface area (Å²) < 4.78 is 1.80. The quantitative estimate of drug-likeness (QED) is 0.774. The van der Waals surface area contributed by atoms with Crippen molar-refractivity contribution in [2.24, 2.45) is 0 Å². The number of hydrogen-bond acceptors (Lipinski definition) is 3. The van der Waals surface area contributed by atoms with Crippen LogP contribution < -0.4 is 10.6 Å². The van der Waals surface area contributed by atoms with Gasteiger partial charge in [0.05, 0.1) is 12.0 Å². The fourth-order valence-corrected chi connectivity index (χ4v) is 1.44. The van der Waals surface area contributed by atoms with Gasteiger partial charge in [-0.25, -0.2) is 4.98 Å². The molecular formula is C12H22N4O. The van der Waals surface area contributed by atoms with E-state index < -0.39 is 0 Å². The molecule has 5 heteroatoms. The Morgan fingerprint density at radius 1 is 1.53 bits per heavy atom. The number of carbonyl (C=O) groups excluding carboxylic acids is 1. The molecule has 1 aromatic heterocycles. The van der Waals surface area contributed by atoms with Crippen LogP contribution in [0.15, 0.2) is 12.5 Å². The number of nitrogens with zero attached hydrogens (tertiary/aromatic N) is 2. The number of aromatic nitrogens is 2. The highest BCUT2D eigenvalue weighted by Gasteiger charge is 2.17. The van der Waals surface area contributed by atoms with Gasteiger partial charge in [-0.15, -0.1) is 0 Å². The molecule has 1 amide bonds. The summed E-state index contributed by atoms with van der Waals surface area (Å²) in [5.74, 6) is 0.0188. The van der Waals surface area contributed by atoms with E-state index in [1.165, 1.54) is 0 Å². The second-order valence-corrected chi connectivity index (χ2v) is 4.85. The molecule has 0 aliphatic rings. The van der Waals surface area contributed by atoms with Crippen molar-refractivity contribution in [1.29, 1.82) is 0 Å². The first-order chi connectivity index (χ1) is 7.96. The molecule has 0 radical (unpaired) electrons. The molecule has 96 valence electrons. The molecule has 0 aromatic carbocycles. The Kier molecular flexibility index (Phi) is 4.69. The summed E-state index contributed by atoms with van der Waals surface area (Å²) >= 11 is 0. The fraction of sp³-hybridized carbons (Fsp3) is 0.667. The van der Waals surface area contributed by atoms with E-state index in [0.717, 1.165) is 18.7 Å². The SMILES string of the molecule is CCC(C)(C)NC(=O)Cn1cnc(CNC)c1. The van der Waals surface area contributed by atoms with Gasteiger partial charge in [-0.3, -0.25) is 4.79 Å². The predicted octanol–water partition coefficient (Wildman–Crippen LogP) is 0.907. The third-order valence-corrected chi connectivity index (χ3v) is 2.73. The number of imidazole rings is 1. The number of amides is 1. The van der Waals surface area contributed by atoms with Crippen LogP contribution in [0.4, 0.5) is 0 Å². The number of nitrogens with one attached hydrogen (secondary N) is 2. The van der Waals surface area contributed by atoms with E-state index in [2.05, 4.69) is 22.5 Å². The molecule has 0 unspecified atom stereocenters. The van der Waals surface area contributed by atoms with Crippen molar-refractivity contribution < 1.29 is 4.79 Å². The van der Waals surface area contributed by atoms with Crippen LogP contribution >= 0.6 is 0 Å². The maximum absolute atomic E-state index is 11.8. The molecule has 5 nitrogen and oxygen atoms in total. The van der Waals surface area contributed by atoms with Crippen molar-refractivity contribution in [3.8, 4) is 0 Å². The van der Waals surface area contributed by atoms with Crippen LogP contribution in [0.3, 0.4) is 0 Å². The molecule has 0 saturated heterocycles. The molecule has 1 heterocycles. The first kappa shape index (κ1) is 13.7. The van der Waals surface area contributed by atoms with Crippen molar-refractivity contribution in [2.75, 3.05) is 7.05 Å². The maximum atomic E-state index is 11.8.